The summed E-state index contributed by atoms with van der Waals surface area (Å²) in [6, 6.07) is 19.5. The lowest BCUT2D eigenvalue weighted by Gasteiger charge is -2.18. The number of hydrogen-bond donors (Lipinski definition) is 2. The summed E-state index contributed by atoms with van der Waals surface area (Å²) in [5.41, 5.74) is 1.93. The molecule has 2 aromatic heterocycles. The van der Waals surface area contributed by atoms with Gasteiger partial charge in [-0.15, -0.1) is 0 Å². The number of aliphatic hydroxyl groups excluding tert-OH is 1. The van der Waals surface area contributed by atoms with Crippen molar-refractivity contribution in [1.29, 1.82) is 0 Å². The van der Waals surface area contributed by atoms with Crippen LogP contribution in [-0.4, -0.2) is 27.2 Å². The number of pyridine rings is 2. The van der Waals surface area contributed by atoms with Gasteiger partial charge in [0, 0.05) is 29.4 Å². The number of aliphatic hydroxyl groups is 1. The van der Waals surface area contributed by atoms with Gasteiger partial charge in [-0.3, -0.25) is 14.6 Å². The van der Waals surface area contributed by atoms with Crippen molar-refractivity contribution < 1.29 is 9.90 Å². The van der Waals surface area contributed by atoms with Crippen molar-refractivity contribution in [2.45, 2.75) is 12.6 Å². The maximum atomic E-state index is 13.2. The lowest BCUT2D eigenvalue weighted by molar-refractivity contribution is 0.0917. The summed E-state index contributed by atoms with van der Waals surface area (Å²) < 4.78 is 1.53. The fourth-order valence-electron chi connectivity index (χ4n) is 3.48. The number of fused-ring (bicyclic) bond motifs is 1. The van der Waals surface area contributed by atoms with E-state index in [9.17, 15) is 14.7 Å². The molecule has 1 amide bonds. The maximum absolute atomic E-state index is 13.2. The van der Waals surface area contributed by atoms with E-state index in [4.69, 9.17) is 0 Å². The fraction of sp³-hybridized carbons (Fsp3) is 0.125. The van der Waals surface area contributed by atoms with E-state index in [1.807, 2.05) is 42.5 Å². The van der Waals surface area contributed by atoms with Crippen LogP contribution in [0.2, 0.25) is 0 Å². The van der Waals surface area contributed by atoms with Crippen LogP contribution >= 0.6 is 0 Å². The van der Waals surface area contributed by atoms with Gasteiger partial charge in [0.25, 0.3) is 11.5 Å². The van der Waals surface area contributed by atoms with Crippen LogP contribution in [0.4, 0.5) is 0 Å². The molecule has 4 aromatic rings. The molecule has 0 spiro atoms. The third kappa shape index (κ3) is 3.99. The largest absolute Gasteiger partial charge is 0.394 e. The van der Waals surface area contributed by atoms with Gasteiger partial charge >= 0.3 is 0 Å². The molecule has 2 heterocycles. The summed E-state index contributed by atoms with van der Waals surface area (Å²) in [6.07, 6.45) is 4.92. The standard InChI is InChI=1S/C24H21N3O3/c28-16-22(18-6-2-1-3-7-18)26-23(29)21-15-27(14-17-10-12-25-13-11-17)24(30)20-9-5-4-8-19(20)21/h1-13,15,22,28H,14,16H2,(H,26,29)/t22-/m1/s1. The highest BCUT2D eigenvalue weighted by molar-refractivity contribution is 6.06. The predicted molar refractivity (Wildman–Crippen MR) is 115 cm³/mol. The molecule has 0 aliphatic rings. The number of amides is 1. The molecule has 150 valence electrons. The summed E-state index contributed by atoms with van der Waals surface area (Å²) in [7, 11) is 0. The zero-order chi connectivity index (χ0) is 20.9. The van der Waals surface area contributed by atoms with Crippen molar-refractivity contribution in [2.75, 3.05) is 6.61 Å². The molecule has 6 heteroatoms. The highest BCUT2D eigenvalue weighted by Gasteiger charge is 2.19. The predicted octanol–water partition coefficient (Wildman–Crippen LogP) is 2.91. The van der Waals surface area contributed by atoms with E-state index in [1.165, 1.54) is 4.57 Å². The van der Waals surface area contributed by atoms with Crippen molar-refractivity contribution in [1.82, 2.24) is 14.9 Å². The Hall–Kier alpha value is -3.77. The first kappa shape index (κ1) is 19.5. The number of aromatic nitrogens is 2. The minimum Gasteiger partial charge on any atom is -0.394 e. The van der Waals surface area contributed by atoms with Crippen LogP contribution in [0.1, 0.15) is 27.5 Å². The van der Waals surface area contributed by atoms with Gasteiger partial charge in [0.2, 0.25) is 0 Å². The van der Waals surface area contributed by atoms with Crippen molar-refractivity contribution in [3.63, 3.8) is 0 Å². The number of nitrogens with zero attached hydrogens (tertiary/aromatic N) is 2. The summed E-state index contributed by atoms with van der Waals surface area (Å²) >= 11 is 0. The topological polar surface area (TPSA) is 84.2 Å². The van der Waals surface area contributed by atoms with E-state index >= 15 is 0 Å². The Bertz CT molecular complexity index is 1220. The zero-order valence-electron chi connectivity index (χ0n) is 16.2. The van der Waals surface area contributed by atoms with E-state index in [0.717, 1.165) is 11.1 Å². The van der Waals surface area contributed by atoms with Crippen LogP contribution in [0.15, 0.2) is 90.1 Å². The van der Waals surface area contributed by atoms with E-state index < -0.39 is 6.04 Å². The molecule has 0 bridgehead atoms. The average molecular weight is 399 g/mol. The van der Waals surface area contributed by atoms with Crippen molar-refractivity contribution in [3.05, 3.63) is 112 Å². The van der Waals surface area contributed by atoms with Crippen LogP contribution in [0.25, 0.3) is 10.8 Å². The second-order valence-electron chi connectivity index (χ2n) is 7.00. The summed E-state index contributed by atoms with van der Waals surface area (Å²) in [6.45, 7) is 0.0962. The molecule has 0 fully saturated rings. The molecule has 2 N–H and O–H groups in total. The summed E-state index contributed by atoms with van der Waals surface area (Å²) in [5, 5.41) is 13.7. The first-order chi connectivity index (χ1) is 14.7. The lowest BCUT2D eigenvalue weighted by Crippen LogP contribution is -2.32. The monoisotopic (exact) mass is 399 g/mol. The molecule has 30 heavy (non-hydrogen) atoms. The van der Waals surface area contributed by atoms with Gasteiger partial charge in [-0.1, -0.05) is 48.5 Å². The SMILES string of the molecule is O=C(N[C@H](CO)c1ccccc1)c1cn(Cc2ccncc2)c(=O)c2ccccc12. The van der Waals surface area contributed by atoms with Gasteiger partial charge in [-0.05, 0) is 29.3 Å². The Balaban J connectivity index is 1.74. The number of carbonyl (C=O) groups is 1. The maximum Gasteiger partial charge on any atom is 0.258 e. The van der Waals surface area contributed by atoms with Gasteiger partial charge in [-0.2, -0.15) is 0 Å². The van der Waals surface area contributed by atoms with Gasteiger partial charge in [0.15, 0.2) is 0 Å². The average Bonchev–Trinajstić information content (AvgIpc) is 2.80. The van der Waals surface area contributed by atoms with Gasteiger partial charge in [0.1, 0.15) is 0 Å². The fourth-order valence-corrected chi connectivity index (χ4v) is 3.48. The molecule has 1 atom stereocenters. The third-order valence-electron chi connectivity index (χ3n) is 5.03. The molecule has 0 radical (unpaired) electrons. The Morgan fingerprint density at radius 1 is 0.967 bits per heavy atom. The molecule has 4 rings (SSSR count). The lowest BCUT2D eigenvalue weighted by atomic mass is 10.0. The molecular formula is C24H21N3O3. The zero-order valence-corrected chi connectivity index (χ0v) is 16.2. The van der Waals surface area contributed by atoms with Crippen molar-refractivity contribution in [3.8, 4) is 0 Å². The second kappa shape index (κ2) is 8.71. The number of benzene rings is 2. The Kier molecular flexibility index (Phi) is 5.68. The first-order valence-electron chi connectivity index (χ1n) is 9.65. The molecule has 0 unspecified atom stereocenters. The normalized spacial score (nSPS) is 11.9. The summed E-state index contributed by atoms with van der Waals surface area (Å²) in [4.78, 5) is 30.2. The van der Waals surface area contributed by atoms with E-state index in [2.05, 4.69) is 10.3 Å². The van der Waals surface area contributed by atoms with Gasteiger partial charge < -0.3 is 15.0 Å². The highest BCUT2D eigenvalue weighted by Crippen LogP contribution is 2.18. The molecule has 0 aliphatic carbocycles. The van der Waals surface area contributed by atoms with E-state index in [1.54, 1.807) is 42.9 Å². The molecular weight excluding hydrogens is 378 g/mol. The number of nitrogens with one attached hydrogen (secondary N) is 1. The van der Waals surface area contributed by atoms with Crippen LogP contribution in [0, 0.1) is 0 Å². The van der Waals surface area contributed by atoms with Crippen molar-refractivity contribution in [2.24, 2.45) is 0 Å². The Labute approximate surface area is 173 Å². The number of rotatable bonds is 6. The third-order valence-corrected chi connectivity index (χ3v) is 5.03. The second-order valence-corrected chi connectivity index (χ2v) is 7.00. The molecule has 0 saturated heterocycles. The molecule has 0 aliphatic heterocycles. The van der Waals surface area contributed by atoms with Crippen molar-refractivity contribution >= 4 is 16.7 Å². The van der Waals surface area contributed by atoms with E-state index in [0.29, 0.717) is 22.9 Å². The van der Waals surface area contributed by atoms with Crippen LogP contribution in [0.3, 0.4) is 0 Å². The molecule has 6 nitrogen and oxygen atoms in total. The van der Waals surface area contributed by atoms with Crippen LogP contribution in [-0.2, 0) is 6.54 Å². The van der Waals surface area contributed by atoms with E-state index in [-0.39, 0.29) is 18.1 Å². The number of hydrogen-bond acceptors (Lipinski definition) is 4. The minimum absolute atomic E-state index is 0.166. The first-order valence-corrected chi connectivity index (χ1v) is 9.65. The van der Waals surface area contributed by atoms with Crippen LogP contribution in [0.5, 0.6) is 0 Å². The molecule has 2 aromatic carbocycles. The quantitative estimate of drug-likeness (QED) is 0.522. The number of carbonyl (C=O) groups excluding carboxylic acids is 1. The Morgan fingerprint density at radius 3 is 2.33 bits per heavy atom. The highest BCUT2D eigenvalue weighted by atomic mass is 16.3. The Morgan fingerprint density at radius 2 is 1.63 bits per heavy atom. The van der Waals surface area contributed by atoms with Gasteiger partial charge in [-0.25, -0.2) is 0 Å². The minimum atomic E-state index is -0.543. The van der Waals surface area contributed by atoms with Crippen LogP contribution < -0.4 is 10.9 Å². The smallest absolute Gasteiger partial charge is 0.258 e. The summed E-state index contributed by atoms with van der Waals surface area (Å²) in [5.74, 6) is -0.349. The molecule has 0 saturated carbocycles. The van der Waals surface area contributed by atoms with Gasteiger partial charge in [0.05, 0.1) is 24.8 Å².